The van der Waals surface area contributed by atoms with Gasteiger partial charge < -0.3 is 35.5 Å². The van der Waals surface area contributed by atoms with Gasteiger partial charge >= 0.3 is 0 Å². The Morgan fingerprint density at radius 1 is 1.10 bits per heavy atom. The minimum Gasteiger partial charge on any atom is -0.497 e. The minimum atomic E-state index is -0.893. The third-order valence-corrected chi connectivity index (χ3v) is 4.91. The molecule has 0 aliphatic carbocycles. The predicted molar refractivity (Wildman–Crippen MR) is 117 cm³/mol. The Balaban J connectivity index is 1.83. The zero-order chi connectivity index (χ0) is 22.6. The summed E-state index contributed by atoms with van der Waals surface area (Å²) in [6.45, 7) is 0.158. The van der Waals surface area contributed by atoms with Crippen LogP contribution in [0, 0.1) is 0 Å². The lowest BCUT2D eigenvalue weighted by Gasteiger charge is -2.17. The van der Waals surface area contributed by atoms with Crippen LogP contribution in [0.25, 0.3) is 0 Å². The van der Waals surface area contributed by atoms with Gasteiger partial charge in [-0.05, 0) is 43.0 Å². The Kier molecular flexibility index (Phi) is 10.1. The Labute approximate surface area is 182 Å². The van der Waals surface area contributed by atoms with Crippen molar-refractivity contribution >= 4 is 5.91 Å². The molecule has 8 heteroatoms. The van der Waals surface area contributed by atoms with Crippen molar-refractivity contribution in [3.8, 4) is 17.2 Å². The van der Waals surface area contributed by atoms with E-state index in [1.807, 2.05) is 36.4 Å². The van der Waals surface area contributed by atoms with Gasteiger partial charge in [0.15, 0.2) is 0 Å². The van der Waals surface area contributed by atoms with E-state index >= 15 is 0 Å². The maximum atomic E-state index is 11.9. The van der Waals surface area contributed by atoms with Crippen LogP contribution in [0.5, 0.6) is 17.2 Å². The second-order valence-corrected chi connectivity index (χ2v) is 7.20. The first-order valence-corrected chi connectivity index (χ1v) is 10.2. The lowest BCUT2D eigenvalue weighted by atomic mass is 10.0. The predicted octanol–water partition coefficient (Wildman–Crippen LogP) is 1.40. The Morgan fingerprint density at radius 3 is 2.42 bits per heavy atom. The Morgan fingerprint density at radius 2 is 1.81 bits per heavy atom. The van der Waals surface area contributed by atoms with Crippen molar-refractivity contribution in [1.29, 1.82) is 0 Å². The zero-order valence-electron chi connectivity index (χ0n) is 18.0. The van der Waals surface area contributed by atoms with Gasteiger partial charge in [-0.25, -0.2) is 0 Å². The van der Waals surface area contributed by atoms with E-state index in [9.17, 15) is 9.90 Å². The van der Waals surface area contributed by atoms with Gasteiger partial charge in [0.05, 0.1) is 26.9 Å². The van der Waals surface area contributed by atoms with Crippen molar-refractivity contribution in [2.45, 2.75) is 38.0 Å². The van der Waals surface area contributed by atoms with E-state index < -0.39 is 18.1 Å². The molecule has 2 rings (SSSR count). The first kappa shape index (κ1) is 24.5. The number of benzene rings is 2. The molecule has 2 aromatic carbocycles. The summed E-state index contributed by atoms with van der Waals surface area (Å²) >= 11 is 0. The Hall–Kier alpha value is -2.81. The molecule has 2 aromatic rings. The molecule has 0 aliphatic heterocycles. The van der Waals surface area contributed by atoms with Gasteiger partial charge in [0.25, 0.3) is 0 Å². The fourth-order valence-electron chi connectivity index (χ4n) is 3.08. The Bertz CT molecular complexity index is 812. The molecule has 2 atom stereocenters. The van der Waals surface area contributed by atoms with Crippen LogP contribution >= 0.6 is 0 Å². The monoisotopic (exact) mass is 432 g/mol. The molecule has 0 bridgehead atoms. The standard InChI is InChI=1S/C23H32N2O6/c1-29-20-11-8-17(22(12-20)30-2)13-25-21(23(24)28)5-3-4-16-6-9-19(10-7-16)31-15-18(27)14-26/h6-12,18,21,25-27H,3-5,13-15H2,1-2H3,(H2,24,28)/t18-,21?/m0/s1. The van der Waals surface area contributed by atoms with E-state index in [0.29, 0.717) is 30.2 Å². The highest BCUT2D eigenvalue weighted by Crippen LogP contribution is 2.24. The first-order chi connectivity index (χ1) is 15.0. The highest BCUT2D eigenvalue weighted by Gasteiger charge is 2.16. The summed E-state index contributed by atoms with van der Waals surface area (Å²) < 4.78 is 16.0. The van der Waals surface area contributed by atoms with Gasteiger partial charge in [-0.1, -0.05) is 18.2 Å². The van der Waals surface area contributed by atoms with Crippen LogP contribution in [0.3, 0.4) is 0 Å². The van der Waals surface area contributed by atoms with Gasteiger partial charge in [0, 0.05) is 18.2 Å². The largest absolute Gasteiger partial charge is 0.497 e. The number of nitrogens with one attached hydrogen (secondary N) is 1. The molecule has 0 fully saturated rings. The van der Waals surface area contributed by atoms with Crippen molar-refractivity contribution in [3.63, 3.8) is 0 Å². The molecular formula is C23H32N2O6. The van der Waals surface area contributed by atoms with E-state index in [-0.39, 0.29) is 13.2 Å². The number of primary amides is 1. The summed E-state index contributed by atoms with van der Waals surface area (Å²) in [5.41, 5.74) is 7.60. The molecule has 0 aliphatic rings. The number of rotatable bonds is 14. The molecule has 1 amide bonds. The van der Waals surface area contributed by atoms with Crippen molar-refractivity contribution in [1.82, 2.24) is 5.32 Å². The van der Waals surface area contributed by atoms with Crippen LogP contribution in [-0.4, -0.2) is 55.7 Å². The second-order valence-electron chi connectivity index (χ2n) is 7.20. The lowest BCUT2D eigenvalue weighted by Crippen LogP contribution is -2.41. The molecule has 1 unspecified atom stereocenters. The van der Waals surface area contributed by atoms with Crippen LogP contribution in [-0.2, 0) is 17.8 Å². The number of hydrogen-bond donors (Lipinski definition) is 4. The van der Waals surface area contributed by atoms with E-state index in [2.05, 4.69) is 5.32 Å². The first-order valence-electron chi connectivity index (χ1n) is 10.2. The van der Waals surface area contributed by atoms with Gasteiger partial charge in [-0.15, -0.1) is 0 Å². The van der Waals surface area contributed by atoms with E-state index in [4.69, 9.17) is 25.1 Å². The summed E-state index contributed by atoms with van der Waals surface area (Å²) in [5.74, 6) is 1.62. The smallest absolute Gasteiger partial charge is 0.234 e. The van der Waals surface area contributed by atoms with Crippen molar-refractivity contribution in [2.75, 3.05) is 27.4 Å². The number of carbonyl (C=O) groups is 1. The number of hydrogen-bond acceptors (Lipinski definition) is 7. The molecule has 5 N–H and O–H groups in total. The normalized spacial score (nSPS) is 12.8. The zero-order valence-corrected chi connectivity index (χ0v) is 18.0. The number of carbonyl (C=O) groups excluding carboxylic acids is 1. The molecular weight excluding hydrogens is 400 g/mol. The molecule has 8 nitrogen and oxygen atoms in total. The fraction of sp³-hybridized carbons (Fsp3) is 0.435. The van der Waals surface area contributed by atoms with Gasteiger partial charge in [-0.2, -0.15) is 0 Å². The highest BCUT2D eigenvalue weighted by molar-refractivity contribution is 5.79. The summed E-state index contributed by atoms with van der Waals surface area (Å²) in [4.78, 5) is 11.9. The summed E-state index contributed by atoms with van der Waals surface area (Å²) in [7, 11) is 3.19. The molecule has 170 valence electrons. The summed E-state index contributed by atoms with van der Waals surface area (Å²) in [6.07, 6.45) is 1.28. The lowest BCUT2D eigenvalue weighted by molar-refractivity contribution is -0.120. The van der Waals surface area contributed by atoms with Crippen LogP contribution in [0.1, 0.15) is 24.0 Å². The van der Waals surface area contributed by atoms with Crippen molar-refractivity contribution in [3.05, 3.63) is 53.6 Å². The second kappa shape index (κ2) is 12.8. The van der Waals surface area contributed by atoms with Crippen LogP contribution in [0.4, 0.5) is 0 Å². The quantitative estimate of drug-likeness (QED) is 0.356. The maximum Gasteiger partial charge on any atom is 0.234 e. The summed E-state index contributed by atoms with van der Waals surface area (Å²) in [5, 5.41) is 21.4. The minimum absolute atomic E-state index is 0.0424. The molecule has 0 saturated carbocycles. The molecule has 31 heavy (non-hydrogen) atoms. The topological polar surface area (TPSA) is 123 Å². The van der Waals surface area contributed by atoms with E-state index in [0.717, 1.165) is 24.0 Å². The third kappa shape index (κ3) is 8.09. The molecule has 0 aromatic heterocycles. The number of aliphatic hydroxyl groups excluding tert-OH is 2. The maximum absolute atomic E-state index is 11.9. The van der Waals surface area contributed by atoms with Crippen LogP contribution in [0.15, 0.2) is 42.5 Å². The van der Waals surface area contributed by atoms with Gasteiger partial charge in [0.2, 0.25) is 5.91 Å². The van der Waals surface area contributed by atoms with Crippen LogP contribution < -0.4 is 25.3 Å². The number of ether oxygens (including phenoxy) is 3. The highest BCUT2D eigenvalue weighted by atomic mass is 16.5. The van der Waals surface area contributed by atoms with E-state index in [1.54, 1.807) is 20.3 Å². The van der Waals surface area contributed by atoms with Crippen molar-refractivity contribution in [2.24, 2.45) is 5.73 Å². The number of nitrogens with two attached hydrogens (primary N) is 1. The molecule has 0 heterocycles. The number of aliphatic hydroxyl groups is 2. The number of amides is 1. The fourth-order valence-corrected chi connectivity index (χ4v) is 3.08. The van der Waals surface area contributed by atoms with Crippen molar-refractivity contribution < 1.29 is 29.2 Å². The number of aryl methyl sites for hydroxylation is 1. The average molecular weight is 433 g/mol. The molecule has 0 spiro atoms. The number of methoxy groups -OCH3 is 2. The SMILES string of the molecule is COc1ccc(CNC(CCCc2ccc(OC[C@@H](O)CO)cc2)C(N)=O)c(OC)c1. The van der Waals surface area contributed by atoms with Crippen LogP contribution in [0.2, 0.25) is 0 Å². The third-order valence-electron chi connectivity index (χ3n) is 4.91. The molecule has 0 radical (unpaired) electrons. The average Bonchev–Trinajstić information content (AvgIpc) is 2.80. The van der Waals surface area contributed by atoms with Gasteiger partial charge in [0.1, 0.15) is 30.0 Å². The summed E-state index contributed by atoms with van der Waals surface area (Å²) in [6, 6.07) is 12.6. The molecule has 0 saturated heterocycles. The van der Waals surface area contributed by atoms with E-state index in [1.165, 1.54) is 0 Å². The van der Waals surface area contributed by atoms with Gasteiger partial charge in [-0.3, -0.25) is 4.79 Å².